The molecule has 0 aliphatic carbocycles. The van der Waals surface area contributed by atoms with E-state index in [-0.39, 0.29) is 30.2 Å². The Hall–Kier alpha value is -4.40. The Morgan fingerprint density at radius 1 is 0.857 bits per heavy atom. The number of anilines is 1. The largest absolute Gasteiger partial charge is 0.475 e. The van der Waals surface area contributed by atoms with Gasteiger partial charge in [-0.05, 0) is 37.1 Å². The second-order valence-electron chi connectivity index (χ2n) is 11.9. The van der Waals surface area contributed by atoms with Crippen molar-refractivity contribution < 1.29 is 41.5 Å². The zero-order valence-corrected chi connectivity index (χ0v) is 27.4. The number of phosphoric acid groups is 1. The molecule has 4 heterocycles. The minimum absolute atomic E-state index is 0.113. The van der Waals surface area contributed by atoms with Crippen molar-refractivity contribution in [3.8, 4) is 0 Å². The first-order valence-corrected chi connectivity index (χ1v) is 17.0. The normalized spacial score (nSPS) is 23.0. The highest BCUT2D eigenvalue weighted by molar-refractivity contribution is 7.48. The van der Waals surface area contributed by atoms with Crippen molar-refractivity contribution in [3.05, 3.63) is 120 Å². The van der Waals surface area contributed by atoms with Gasteiger partial charge in [-0.25, -0.2) is 23.9 Å². The van der Waals surface area contributed by atoms with Gasteiger partial charge in [0.15, 0.2) is 35.1 Å². The van der Waals surface area contributed by atoms with Crippen LogP contribution in [0.2, 0.25) is 0 Å². The number of amides is 1. The highest BCUT2D eigenvalue weighted by atomic mass is 31.2. The third-order valence-electron chi connectivity index (χ3n) is 7.94. The summed E-state index contributed by atoms with van der Waals surface area (Å²) in [5, 5.41) is 2.75. The molecule has 2 aromatic heterocycles. The van der Waals surface area contributed by atoms with Crippen molar-refractivity contribution in [2.45, 2.75) is 57.1 Å². The quantitative estimate of drug-likeness (QED) is 0.146. The van der Waals surface area contributed by atoms with Crippen LogP contribution in [0.1, 0.15) is 41.6 Å². The van der Waals surface area contributed by atoms with Crippen LogP contribution in [-0.4, -0.2) is 55.9 Å². The lowest BCUT2D eigenvalue weighted by molar-refractivity contribution is -0.263. The Morgan fingerprint density at radius 2 is 1.47 bits per heavy atom. The molecule has 2 saturated heterocycles. The summed E-state index contributed by atoms with van der Waals surface area (Å²) >= 11 is 0. The molecule has 0 bridgehead atoms. The molecule has 49 heavy (non-hydrogen) atoms. The number of halogens is 1. The molecule has 5 aromatic rings. The molecule has 0 spiro atoms. The summed E-state index contributed by atoms with van der Waals surface area (Å²) in [7, 11) is -4.37. The maximum Gasteiger partial charge on any atom is 0.475 e. The summed E-state index contributed by atoms with van der Waals surface area (Å²) in [5.41, 5.74) is 2.33. The van der Waals surface area contributed by atoms with E-state index in [9.17, 15) is 9.36 Å². The van der Waals surface area contributed by atoms with Gasteiger partial charge < -0.3 is 19.5 Å². The Kier molecular flexibility index (Phi) is 9.11. The zero-order chi connectivity index (χ0) is 34.1. The van der Waals surface area contributed by atoms with Gasteiger partial charge in [0, 0.05) is 5.56 Å². The van der Waals surface area contributed by atoms with Gasteiger partial charge in [-0.3, -0.25) is 22.9 Å². The van der Waals surface area contributed by atoms with Crippen molar-refractivity contribution in [2.24, 2.45) is 0 Å². The number of carbonyl (C=O) groups is 1. The fourth-order valence-electron chi connectivity index (χ4n) is 5.63. The Morgan fingerprint density at radius 3 is 2.10 bits per heavy atom. The van der Waals surface area contributed by atoms with Crippen LogP contribution in [-0.2, 0) is 45.6 Å². The monoisotopic (exact) mass is 689 g/mol. The molecular formula is C34H33FN5O8P. The number of ether oxygens (including phenoxy) is 3. The molecule has 4 atom stereocenters. The average Bonchev–Trinajstić information content (AvgIpc) is 3.77. The maximum atomic E-state index is 17.0. The number of aromatic nitrogens is 4. The molecule has 7 rings (SSSR count). The number of benzene rings is 3. The van der Waals surface area contributed by atoms with E-state index < -0.39 is 50.4 Å². The first-order chi connectivity index (χ1) is 23.6. The van der Waals surface area contributed by atoms with E-state index in [2.05, 4.69) is 20.3 Å². The highest BCUT2D eigenvalue weighted by Crippen LogP contribution is 2.55. The second kappa shape index (κ2) is 13.5. The van der Waals surface area contributed by atoms with Gasteiger partial charge in [0.25, 0.3) is 11.8 Å². The molecule has 0 saturated carbocycles. The van der Waals surface area contributed by atoms with E-state index in [1.807, 2.05) is 36.4 Å². The number of imidazole rings is 1. The molecule has 13 nitrogen and oxygen atoms in total. The number of hydrogen-bond donors (Lipinski definition) is 1. The number of alkyl halides is 1. The molecule has 2 aliphatic rings. The average molecular weight is 690 g/mol. The Bertz CT molecular complexity index is 1920. The lowest BCUT2D eigenvalue weighted by atomic mass is 10.1. The summed E-state index contributed by atoms with van der Waals surface area (Å²) in [4.78, 5) is 25.8. The molecule has 1 N–H and O–H groups in total. The predicted octanol–water partition coefficient (Wildman–Crippen LogP) is 6.35. The number of nitrogens with one attached hydrogen (secondary N) is 1. The van der Waals surface area contributed by atoms with Crippen LogP contribution in [0.15, 0.2) is 104 Å². The van der Waals surface area contributed by atoms with Crippen molar-refractivity contribution in [1.29, 1.82) is 0 Å². The number of carbonyl (C=O) groups excluding carboxylic acids is 1. The van der Waals surface area contributed by atoms with Crippen LogP contribution in [0.5, 0.6) is 0 Å². The Balaban J connectivity index is 1.13. The van der Waals surface area contributed by atoms with Gasteiger partial charge in [0.1, 0.15) is 19.0 Å². The topological polar surface area (TPSA) is 145 Å². The van der Waals surface area contributed by atoms with Crippen LogP contribution in [0, 0.1) is 0 Å². The predicted molar refractivity (Wildman–Crippen MR) is 174 cm³/mol. The SMILES string of the molecule is CC1(C)O[C@H]2[C@H](n3cnc4c(NC(=O)c5ccccc5)ncnc43)O[C@](F)(COP(=O)(OCc3ccccc3)OCc3ccccc3)[C@H]2O1. The number of rotatable bonds is 12. The van der Waals surface area contributed by atoms with Gasteiger partial charge in [0.05, 0.1) is 19.5 Å². The van der Waals surface area contributed by atoms with E-state index >= 15 is 4.39 Å². The van der Waals surface area contributed by atoms with E-state index in [0.717, 1.165) is 0 Å². The first kappa shape index (κ1) is 33.1. The van der Waals surface area contributed by atoms with Crippen molar-refractivity contribution in [1.82, 2.24) is 19.5 Å². The standard InChI is InChI=1S/C34H33FN5O8P/c1-33(2)46-27-28(47-33)34(35,20-45-49(42,43-18-23-12-6-3-7-13-23)44-19-24-14-8-4-9-15-24)48-32(27)40-22-38-26-29(36-21-37-30(26)40)39-31(41)25-16-10-5-11-17-25/h3-17,21-22,27-28,32H,18-20H2,1-2H3,(H,36,37,39,41)/t27-,28+,32-,34-/m1/s1. The van der Waals surface area contributed by atoms with Gasteiger partial charge in [-0.15, -0.1) is 0 Å². The van der Waals surface area contributed by atoms with Crippen LogP contribution in [0.3, 0.4) is 0 Å². The third kappa shape index (κ3) is 7.17. The third-order valence-corrected chi connectivity index (χ3v) is 9.27. The number of nitrogens with zero attached hydrogens (tertiary/aromatic N) is 4. The second-order valence-corrected chi connectivity index (χ2v) is 13.6. The van der Waals surface area contributed by atoms with Crippen LogP contribution in [0.4, 0.5) is 10.2 Å². The molecule has 3 aromatic carbocycles. The van der Waals surface area contributed by atoms with Crippen LogP contribution >= 0.6 is 7.82 Å². The summed E-state index contributed by atoms with van der Waals surface area (Å²) < 4.78 is 67.6. The fraction of sp³-hybridized carbons (Fsp3) is 0.294. The number of hydrogen-bond acceptors (Lipinski definition) is 11. The molecule has 2 fully saturated rings. The van der Waals surface area contributed by atoms with E-state index in [0.29, 0.717) is 16.7 Å². The Labute approximate surface area is 280 Å². The minimum atomic E-state index is -4.37. The number of fused-ring (bicyclic) bond motifs is 2. The van der Waals surface area contributed by atoms with Crippen LogP contribution < -0.4 is 5.32 Å². The minimum Gasteiger partial charge on any atom is -0.340 e. The number of phosphoric ester groups is 1. The lowest BCUT2D eigenvalue weighted by Crippen LogP contribution is -2.43. The molecule has 0 unspecified atom stereocenters. The fourth-order valence-corrected chi connectivity index (χ4v) is 6.80. The van der Waals surface area contributed by atoms with E-state index in [1.165, 1.54) is 17.2 Å². The molecule has 1 amide bonds. The summed E-state index contributed by atoms with van der Waals surface area (Å²) in [6.45, 7) is 2.18. The summed E-state index contributed by atoms with van der Waals surface area (Å²) in [6, 6.07) is 26.7. The van der Waals surface area contributed by atoms with Crippen molar-refractivity contribution in [3.63, 3.8) is 0 Å². The molecule has 15 heteroatoms. The van der Waals surface area contributed by atoms with Gasteiger partial charge in [0.2, 0.25) is 0 Å². The van der Waals surface area contributed by atoms with Gasteiger partial charge in [-0.1, -0.05) is 78.9 Å². The van der Waals surface area contributed by atoms with E-state index in [1.54, 1.807) is 68.4 Å². The molecular weight excluding hydrogens is 656 g/mol. The lowest BCUT2D eigenvalue weighted by Gasteiger charge is -2.29. The molecule has 2 aliphatic heterocycles. The zero-order valence-electron chi connectivity index (χ0n) is 26.5. The van der Waals surface area contributed by atoms with Gasteiger partial charge >= 0.3 is 7.82 Å². The molecule has 0 radical (unpaired) electrons. The summed E-state index contributed by atoms with van der Waals surface area (Å²) in [5.74, 6) is -4.13. The van der Waals surface area contributed by atoms with E-state index in [4.69, 9.17) is 27.8 Å². The van der Waals surface area contributed by atoms with Gasteiger partial charge in [-0.2, -0.15) is 0 Å². The highest BCUT2D eigenvalue weighted by Gasteiger charge is 2.65. The molecule has 254 valence electrons. The maximum absolute atomic E-state index is 17.0. The first-order valence-electron chi connectivity index (χ1n) is 15.5. The van der Waals surface area contributed by atoms with Crippen molar-refractivity contribution >= 4 is 30.7 Å². The smallest absolute Gasteiger partial charge is 0.340 e. The van der Waals surface area contributed by atoms with Crippen LogP contribution in [0.25, 0.3) is 11.2 Å². The summed E-state index contributed by atoms with van der Waals surface area (Å²) in [6.07, 6.45) is -0.849. The van der Waals surface area contributed by atoms with Crippen molar-refractivity contribution in [2.75, 3.05) is 11.9 Å².